The van der Waals surface area contributed by atoms with Crippen molar-refractivity contribution in [3.05, 3.63) is 11.8 Å². The zero-order chi connectivity index (χ0) is 10.6. The molecule has 1 rings (SSSR count). The Morgan fingerprint density at radius 1 is 1.64 bits per heavy atom. The number of aliphatic carboxylic acids is 1. The molecule has 0 aromatic rings. The van der Waals surface area contributed by atoms with Crippen LogP contribution in [0.5, 0.6) is 0 Å². The number of hydrogen-bond donors (Lipinski definition) is 1. The summed E-state index contributed by atoms with van der Waals surface area (Å²) in [6.07, 6.45) is 1.97. The number of carbonyl (C=O) groups excluding carboxylic acids is 1. The molecule has 0 bridgehead atoms. The summed E-state index contributed by atoms with van der Waals surface area (Å²) in [6.45, 7) is 2.39. The van der Waals surface area contributed by atoms with Crippen molar-refractivity contribution < 1.29 is 19.4 Å². The molecule has 1 N–H and O–H groups in total. The normalized spacial score (nSPS) is 14.5. The molecule has 5 nitrogen and oxygen atoms in total. The Labute approximate surface area is 82.0 Å². The van der Waals surface area contributed by atoms with Crippen molar-refractivity contribution in [1.82, 2.24) is 4.90 Å². The summed E-state index contributed by atoms with van der Waals surface area (Å²) in [5.41, 5.74) is 0.549. The summed E-state index contributed by atoms with van der Waals surface area (Å²) in [6, 6.07) is 0. The van der Waals surface area contributed by atoms with Crippen LogP contribution >= 0.6 is 0 Å². The summed E-state index contributed by atoms with van der Waals surface area (Å²) in [7, 11) is 0. The van der Waals surface area contributed by atoms with Crippen molar-refractivity contribution in [3.63, 3.8) is 0 Å². The second kappa shape index (κ2) is 4.64. The molecule has 0 saturated heterocycles. The van der Waals surface area contributed by atoms with Gasteiger partial charge in [0.05, 0.1) is 18.4 Å². The van der Waals surface area contributed by atoms with Crippen molar-refractivity contribution in [1.29, 1.82) is 0 Å². The number of ether oxygens (including phenoxy) is 1. The van der Waals surface area contributed by atoms with Crippen LogP contribution in [-0.4, -0.2) is 41.6 Å². The van der Waals surface area contributed by atoms with Crippen molar-refractivity contribution >= 4 is 11.9 Å². The fraction of sp³-hybridized carbons (Fsp3) is 0.556. The van der Waals surface area contributed by atoms with E-state index in [0.717, 1.165) is 0 Å². The van der Waals surface area contributed by atoms with E-state index in [1.54, 1.807) is 6.92 Å². The first kappa shape index (κ1) is 10.6. The van der Waals surface area contributed by atoms with Gasteiger partial charge in [0.25, 0.3) is 5.91 Å². The Hall–Kier alpha value is -1.52. The van der Waals surface area contributed by atoms with Gasteiger partial charge in [0, 0.05) is 13.0 Å². The highest BCUT2D eigenvalue weighted by molar-refractivity contribution is 5.95. The molecule has 0 unspecified atom stereocenters. The smallest absolute Gasteiger partial charge is 0.323 e. The van der Waals surface area contributed by atoms with Crippen molar-refractivity contribution in [2.24, 2.45) is 0 Å². The minimum Gasteiger partial charge on any atom is -0.500 e. The fourth-order valence-corrected chi connectivity index (χ4v) is 1.24. The van der Waals surface area contributed by atoms with E-state index in [0.29, 0.717) is 25.1 Å². The molecule has 5 heteroatoms. The molecule has 0 radical (unpaired) electrons. The Balaban J connectivity index is 2.59. The number of nitrogens with zero attached hydrogens (tertiary/aromatic N) is 1. The van der Waals surface area contributed by atoms with E-state index in [1.807, 2.05) is 0 Å². The maximum Gasteiger partial charge on any atom is 0.323 e. The minimum atomic E-state index is -1.00. The SMILES string of the molecule is CCN(CC(=O)O)C(=O)C1=COCC1. The van der Waals surface area contributed by atoms with E-state index < -0.39 is 5.97 Å². The number of carboxylic acid groups (broad SMARTS) is 1. The van der Waals surface area contributed by atoms with Crippen LogP contribution in [0.2, 0.25) is 0 Å². The zero-order valence-corrected chi connectivity index (χ0v) is 8.02. The Bertz CT molecular complexity index is 272. The lowest BCUT2D eigenvalue weighted by Gasteiger charge is -2.18. The first-order chi connectivity index (χ1) is 6.65. The Morgan fingerprint density at radius 2 is 2.36 bits per heavy atom. The molecule has 0 spiro atoms. The number of likely N-dealkylation sites (N-methyl/N-ethyl adjacent to an activating group) is 1. The third kappa shape index (κ3) is 2.48. The quantitative estimate of drug-likeness (QED) is 0.703. The van der Waals surface area contributed by atoms with E-state index in [2.05, 4.69) is 0 Å². The largest absolute Gasteiger partial charge is 0.500 e. The average molecular weight is 199 g/mol. The predicted octanol–water partition coefficient (Wildman–Crippen LogP) is 0.224. The molecule has 0 aromatic carbocycles. The predicted molar refractivity (Wildman–Crippen MR) is 48.5 cm³/mol. The summed E-state index contributed by atoms with van der Waals surface area (Å²) in [4.78, 5) is 23.4. The molecule has 1 heterocycles. The molecular weight excluding hydrogens is 186 g/mol. The third-order valence-corrected chi connectivity index (χ3v) is 1.98. The first-order valence-electron chi connectivity index (χ1n) is 4.47. The molecule has 1 aliphatic rings. The van der Waals surface area contributed by atoms with E-state index in [4.69, 9.17) is 9.84 Å². The maximum atomic E-state index is 11.6. The van der Waals surface area contributed by atoms with Gasteiger partial charge in [-0.1, -0.05) is 0 Å². The van der Waals surface area contributed by atoms with Crippen LogP contribution in [0.4, 0.5) is 0 Å². The summed E-state index contributed by atoms with van der Waals surface area (Å²) >= 11 is 0. The topological polar surface area (TPSA) is 66.8 Å². The van der Waals surface area contributed by atoms with Crippen LogP contribution in [-0.2, 0) is 14.3 Å². The number of hydrogen-bond acceptors (Lipinski definition) is 3. The van der Waals surface area contributed by atoms with Crippen molar-refractivity contribution in [2.75, 3.05) is 19.7 Å². The second-order valence-corrected chi connectivity index (χ2v) is 2.98. The molecule has 78 valence electrons. The molecule has 0 aliphatic carbocycles. The molecular formula is C9H13NO4. The van der Waals surface area contributed by atoms with Gasteiger partial charge in [0.1, 0.15) is 6.54 Å². The van der Waals surface area contributed by atoms with E-state index in [9.17, 15) is 9.59 Å². The van der Waals surface area contributed by atoms with Gasteiger partial charge >= 0.3 is 5.97 Å². The molecule has 1 aliphatic heterocycles. The summed E-state index contributed by atoms with van der Waals surface area (Å²) in [5, 5.41) is 8.56. The van der Waals surface area contributed by atoms with Crippen molar-refractivity contribution in [3.8, 4) is 0 Å². The monoisotopic (exact) mass is 199 g/mol. The van der Waals surface area contributed by atoms with E-state index in [1.165, 1.54) is 11.2 Å². The second-order valence-electron chi connectivity index (χ2n) is 2.98. The lowest BCUT2D eigenvalue weighted by atomic mass is 10.2. The molecule has 0 atom stereocenters. The molecule has 14 heavy (non-hydrogen) atoms. The van der Waals surface area contributed by atoms with Crippen molar-refractivity contribution in [2.45, 2.75) is 13.3 Å². The van der Waals surface area contributed by atoms with Gasteiger partial charge < -0.3 is 14.7 Å². The van der Waals surface area contributed by atoms with Gasteiger partial charge in [-0.25, -0.2) is 0 Å². The Kier molecular flexibility index (Phi) is 3.50. The first-order valence-corrected chi connectivity index (χ1v) is 4.47. The van der Waals surface area contributed by atoms with E-state index >= 15 is 0 Å². The standard InChI is InChI=1S/C9H13NO4/c1-2-10(5-8(11)12)9(13)7-3-4-14-6-7/h6H,2-5H2,1H3,(H,11,12). The number of rotatable bonds is 4. The van der Waals surface area contributed by atoms with Gasteiger partial charge in [-0.05, 0) is 6.92 Å². The summed E-state index contributed by atoms with van der Waals surface area (Å²) in [5.74, 6) is -1.24. The van der Waals surface area contributed by atoms with Crippen LogP contribution in [0.1, 0.15) is 13.3 Å². The lowest BCUT2D eigenvalue weighted by molar-refractivity contribution is -0.142. The Morgan fingerprint density at radius 3 is 2.79 bits per heavy atom. The van der Waals surface area contributed by atoms with Crippen LogP contribution in [0.25, 0.3) is 0 Å². The summed E-state index contributed by atoms with van der Waals surface area (Å²) < 4.78 is 4.92. The number of carbonyl (C=O) groups is 2. The van der Waals surface area contributed by atoms with Crippen LogP contribution in [0, 0.1) is 0 Å². The lowest BCUT2D eigenvalue weighted by Crippen LogP contribution is -2.36. The number of carboxylic acids is 1. The maximum absolute atomic E-state index is 11.6. The van der Waals surface area contributed by atoms with Gasteiger partial charge in [-0.3, -0.25) is 9.59 Å². The van der Waals surface area contributed by atoms with Crippen LogP contribution in [0.3, 0.4) is 0 Å². The average Bonchev–Trinajstić information content (AvgIpc) is 2.65. The van der Waals surface area contributed by atoms with Gasteiger partial charge in [-0.2, -0.15) is 0 Å². The number of amides is 1. The molecule has 1 amide bonds. The highest BCUT2D eigenvalue weighted by Crippen LogP contribution is 2.13. The third-order valence-electron chi connectivity index (χ3n) is 1.98. The fourth-order valence-electron chi connectivity index (χ4n) is 1.24. The van der Waals surface area contributed by atoms with Gasteiger partial charge in [0.15, 0.2) is 0 Å². The molecule has 0 fully saturated rings. The van der Waals surface area contributed by atoms with Gasteiger partial charge in [-0.15, -0.1) is 0 Å². The van der Waals surface area contributed by atoms with Gasteiger partial charge in [0.2, 0.25) is 0 Å². The molecule has 0 aromatic heterocycles. The highest BCUT2D eigenvalue weighted by Gasteiger charge is 2.21. The minimum absolute atomic E-state index is 0.243. The highest BCUT2D eigenvalue weighted by atomic mass is 16.5. The molecule has 0 saturated carbocycles. The zero-order valence-electron chi connectivity index (χ0n) is 8.02. The van der Waals surface area contributed by atoms with Crippen LogP contribution < -0.4 is 0 Å². The van der Waals surface area contributed by atoms with Crippen LogP contribution in [0.15, 0.2) is 11.8 Å². The van der Waals surface area contributed by atoms with E-state index in [-0.39, 0.29) is 12.5 Å².